The Kier molecular flexibility index (Phi) is 4.64. The summed E-state index contributed by atoms with van der Waals surface area (Å²) in [6.45, 7) is 2.68. The molecule has 1 N–H and O–H groups in total. The number of nitrogens with zero attached hydrogens (tertiary/aromatic N) is 4. The maximum atomic E-state index is 12.6. The third-order valence-electron chi connectivity index (χ3n) is 4.65. The van der Waals surface area contributed by atoms with Crippen LogP contribution in [0.25, 0.3) is 5.82 Å². The fourth-order valence-corrected chi connectivity index (χ4v) is 3.30. The monoisotopic (exact) mass is 347 g/mol. The predicted molar refractivity (Wildman–Crippen MR) is 100 cm³/mol. The van der Waals surface area contributed by atoms with Crippen molar-refractivity contribution in [2.45, 2.75) is 19.4 Å². The summed E-state index contributed by atoms with van der Waals surface area (Å²) >= 11 is 0. The van der Waals surface area contributed by atoms with Gasteiger partial charge in [0.1, 0.15) is 12.1 Å². The molecule has 26 heavy (non-hydrogen) atoms. The molecule has 0 unspecified atom stereocenters. The highest BCUT2D eigenvalue weighted by Crippen LogP contribution is 2.24. The van der Waals surface area contributed by atoms with Crippen LogP contribution in [0.3, 0.4) is 0 Å². The molecule has 3 aromatic rings. The van der Waals surface area contributed by atoms with Crippen LogP contribution >= 0.6 is 0 Å². The topological polar surface area (TPSA) is 63.1 Å². The van der Waals surface area contributed by atoms with E-state index >= 15 is 0 Å². The summed E-state index contributed by atoms with van der Waals surface area (Å²) in [6.07, 6.45) is 9.25. The number of aromatic nitrogens is 3. The van der Waals surface area contributed by atoms with Gasteiger partial charge in [-0.3, -0.25) is 9.36 Å². The maximum absolute atomic E-state index is 12.6. The molecule has 3 heterocycles. The third-order valence-corrected chi connectivity index (χ3v) is 4.65. The molecule has 1 aromatic carbocycles. The van der Waals surface area contributed by atoms with Crippen LogP contribution in [0.15, 0.2) is 61.3 Å². The van der Waals surface area contributed by atoms with Gasteiger partial charge in [0.25, 0.3) is 5.91 Å². The zero-order valence-corrected chi connectivity index (χ0v) is 14.5. The van der Waals surface area contributed by atoms with Gasteiger partial charge in [-0.1, -0.05) is 18.2 Å². The number of carbonyl (C=O) groups is 1. The van der Waals surface area contributed by atoms with Gasteiger partial charge in [0.2, 0.25) is 0 Å². The summed E-state index contributed by atoms with van der Waals surface area (Å²) in [5.41, 5.74) is 2.95. The van der Waals surface area contributed by atoms with Gasteiger partial charge < -0.3 is 10.2 Å². The lowest BCUT2D eigenvalue weighted by Crippen LogP contribution is -2.25. The summed E-state index contributed by atoms with van der Waals surface area (Å²) in [7, 11) is 0. The molecule has 4 rings (SSSR count). The van der Waals surface area contributed by atoms with Gasteiger partial charge in [0, 0.05) is 49.5 Å². The molecule has 0 aliphatic carbocycles. The van der Waals surface area contributed by atoms with Crippen LogP contribution in [-0.4, -0.2) is 33.5 Å². The van der Waals surface area contributed by atoms with Gasteiger partial charge in [-0.15, -0.1) is 0 Å². The highest BCUT2D eigenvalue weighted by Gasteiger charge is 2.16. The van der Waals surface area contributed by atoms with E-state index in [-0.39, 0.29) is 5.91 Å². The van der Waals surface area contributed by atoms with Crippen LogP contribution in [0.4, 0.5) is 5.69 Å². The van der Waals surface area contributed by atoms with Crippen molar-refractivity contribution in [2.75, 3.05) is 18.0 Å². The quantitative estimate of drug-likeness (QED) is 0.771. The average Bonchev–Trinajstić information content (AvgIpc) is 3.40. The van der Waals surface area contributed by atoms with Crippen LogP contribution < -0.4 is 10.2 Å². The van der Waals surface area contributed by atoms with Gasteiger partial charge in [0.05, 0.1) is 0 Å². The lowest BCUT2D eigenvalue weighted by Gasteiger charge is -2.21. The number of amides is 1. The fraction of sp³-hybridized carbons (Fsp3) is 0.250. The summed E-state index contributed by atoms with van der Waals surface area (Å²) in [5, 5.41) is 3.03. The Morgan fingerprint density at radius 2 is 1.96 bits per heavy atom. The van der Waals surface area contributed by atoms with E-state index in [4.69, 9.17) is 0 Å². The van der Waals surface area contributed by atoms with E-state index in [1.807, 2.05) is 6.07 Å². The van der Waals surface area contributed by atoms with Gasteiger partial charge >= 0.3 is 0 Å². The largest absolute Gasteiger partial charge is 0.371 e. The van der Waals surface area contributed by atoms with Crippen LogP contribution in [-0.2, 0) is 6.54 Å². The standard InChI is InChI=1S/C20H21N5O/c26-20(16-7-8-22-19(13-16)25-12-9-21-15-25)23-14-17-5-1-2-6-18(17)24-10-3-4-11-24/h1-2,5-9,12-13,15H,3-4,10-11,14H2,(H,23,26). The second-order valence-electron chi connectivity index (χ2n) is 6.38. The molecule has 0 spiro atoms. The van der Waals surface area contributed by atoms with Crippen molar-refractivity contribution in [1.82, 2.24) is 19.9 Å². The first-order valence-corrected chi connectivity index (χ1v) is 8.87. The number of carbonyl (C=O) groups excluding carboxylic acids is 1. The maximum Gasteiger partial charge on any atom is 0.251 e. The highest BCUT2D eigenvalue weighted by atomic mass is 16.1. The Morgan fingerprint density at radius 1 is 1.12 bits per heavy atom. The van der Waals surface area contributed by atoms with Gasteiger partial charge in [-0.25, -0.2) is 9.97 Å². The molecule has 1 amide bonds. The Labute approximate surface area is 152 Å². The average molecular weight is 347 g/mol. The number of benzene rings is 1. The van der Waals surface area contributed by atoms with Crippen molar-refractivity contribution in [3.63, 3.8) is 0 Å². The molecule has 0 atom stereocenters. The lowest BCUT2D eigenvalue weighted by atomic mass is 10.1. The molecule has 1 fully saturated rings. The smallest absolute Gasteiger partial charge is 0.251 e. The van der Waals surface area contributed by atoms with Gasteiger partial charge in [0.15, 0.2) is 0 Å². The third kappa shape index (κ3) is 3.44. The molecule has 2 aromatic heterocycles. The van der Waals surface area contributed by atoms with Crippen molar-refractivity contribution < 1.29 is 4.79 Å². The Morgan fingerprint density at radius 3 is 2.77 bits per heavy atom. The number of hydrogen-bond donors (Lipinski definition) is 1. The molecule has 1 aliphatic rings. The van der Waals surface area contributed by atoms with Crippen molar-refractivity contribution in [3.05, 3.63) is 72.4 Å². The number of para-hydroxylation sites is 1. The van der Waals surface area contributed by atoms with Crippen LogP contribution in [0.1, 0.15) is 28.8 Å². The molecule has 0 radical (unpaired) electrons. The summed E-state index contributed by atoms with van der Waals surface area (Å²) in [5.74, 6) is 0.567. The van der Waals surface area contributed by atoms with Crippen LogP contribution in [0.5, 0.6) is 0 Å². The van der Waals surface area contributed by atoms with E-state index in [0.717, 1.165) is 18.7 Å². The molecule has 6 heteroatoms. The molecule has 1 saturated heterocycles. The minimum Gasteiger partial charge on any atom is -0.371 e. The summed E-state index contributed by atoms with van der Waals surface area (Å²) in [4.78, 5) is 23.3. The molecule has 6 nitrogen and oxygen atoms in total. The number of hydrogen-bond acceptors (Lipinski definition) is 4. The fourth-order valence-electron chi connectivity index (χ4n) is 3.30. The SMILES string of the molecule is O=C(NCc1ccccc1N1CCCC1)c1ccnc(-n2ccnc2)c1. The molecule has 0 bridgehead atoms. The van der Waals surface area contributed by atoms with E-state index < -0.39 is 0 Å². The lowest BCUT2D eigenvalue weighted by molar-refractivity contribution is 0.0951. The van der Waals surface area contributed by atoms with Crippen molar-refractivity contribution in [3.8, 4) is 5.82 Å². The Hall–Kier alpha value is -3.15. The van der Waals surface area contributed by atoms with E-state index in [1.165, 1.54) is 18.5 Å². The van der Waals surface area contributed by atoms with Gasteiger partial charge in [-0.05, 0) is 36.6 Å². The summed E-state index contributed by atoms with van der Waals surface area (Å²) in [6, 6.07) is 11.8. The summed E-state index contributed by atoms with van der Waals surface area (Å²) < 4.78 is 1.78. The number of imidazole rings is 1. The highest BCUT2D eigenvalue weighted by molar-refractivity contribution is 5.94. The minimum absolute atomic E-state index is 0.106. The van der Waals surface area contributed by atoms with Crippen molar-refractivity contribution >= 4 is 11.6 Å². The second kappa shape index (κ2) is 7.39. The van der Waals surface area contributed by atoms with E-state index in [2.05, 4.69) is 38.4 Å². The number of rotatable bonds is 5. The van der Waals surface area contributed by atoms with Crippen molar-refractivity contribution in [1.29, 1.82) is 0 Å². The molecule has 0 saturated carbocycles. The van der Waals surface area contributed by atoms with Crippen LogP contribution in [0, 0.1) is 0 Å². The second-order valence-corrected chi connectivity index (χ2v) is 6.38. The zero-order chi connectivity index (χ0) is 17.8. The van der Waals surface area contributed by atoms with Crippen LogP contribution in [0.2, 0.25) is 0 Å². The van der Waals surface area contributed by atoms with E-state index in [0.29, 0.717) is 17.9 Å². The molecule has 1 aliphatic heterocycles. The Balaban J connectivity index is 1.47. The minimum atomic E-state index is -0.106. The molecular formula is C20H21N5O. The predicted octanol–water partition coefficient (Wildman–Crippen LogP) is 2.80. The normalized spacial score (nSPS) is 13.8. The van der Waals surface area contributed by atoms with Gasteiger partial charge in [-0.2, -0.15) is 0 Å². The van der Waals surface area contributed by atoms with Crippen molar-refractivity contribution in [2.24, 2.45) is 0 Å². The van der Waals surface area contributed by atoms with E-state index in [9.17, 15) is 4.79 Å². The molecule has 132 valence electrons. The first-order valence-electron chi connectivity index (χ1n) is 8.87. The zero-order valence-electron chi connectivity index (χ0n) is 14.5. The first kappa shape index (κ1) is 16.3. The van der Waals surface area contributed by atoms with E-state index in [1.54, 1.807) is 41.6 Å². The number of pyridine rings is 1. The molecular weight excluding hydrogens is 326 g/mol. The number of nitrogens with one attached hydrogen (secondary N) is 1. The Bertz CT molecular complexity index is 885. The number of anilines is 1. The first-order chi connectivity index (χ1) is 12.8.